The zero-order valence-corrected chi connectivity index (χ0v) is 17.0. The maximum atomic E-state index is 14.3. The van der Waals surface area contributed by atoms with E-state index in [0.29, 0.717) is 23.5 Å². The van der Waals surface area contributed by atoms with Gasteiger partial charge in [-0.1, -0.05) is 72.8 Å². The van der Waals surface area contributed by atoms with E-state index in [2.05, 4.69) is 0 Å². The molecule has 0 unspecified atom stereocenters. The smallest absolute Gasteiger partial charge is 0.417 e. The number of rotatable bonds is 7. The van der Waals surface area contributed by atoms with Gasteiger partial charge in [-0.2, -0.15) is 13.2 Å². The number of halogens is 3. The van der Waals surface area contributed by atoms with E-state index >= 15 is 0 Å². The van der Waals surface area contributed by atoms with Gasteiger partial charge >= 0.3 is 6.18 Å². The number of nitrogens with zero attached hydrogens (tertiary/aromatic N) is 1. The summed E-state index contributed by atoms with van der Waals surface area (Å²) in [5.41, 5.74) is 0.618. The van der Waals surface area contributed by atoms with Crippen LogP contribution in [0.25, 0.3) is 11.1 Å². The average molecular weight is 411 g/mol. The Morgan fingerprint density at radius 2 is 1.23 bits per heavy atom. The molecule has 0 heterocycles. The predicted molar refractivity (Wildman–Crippen MR) is 115 cm³/mol. The molecule has 0 amide bonds. The molecule has 156 valence electrons. The van der Waals surface area contributed by atoms with Crippen LogP contribution in [0.2, 0.25) is 0 Å². The van der Waals surface area contributed by atoms with E-state index in [9.17, 15) is 13.2 Å². The van der Waals surface area contributed by atoms with Crippen LogP contribution < -0.4 is 4.74 Å². The van der Waals surface area contributed by atoms with Crippen molar-refractivity contribution in [2.24, 2.45) is 0 Å². The third-order valence-corrected chi connectivity index (χ3v) is 4.61. The Bertz CT molecular complexity index is 963. The largest absolute Gasteiger partial charge is 0.492 e. The number of ether oxygens (including phenoxy) is 1. The van der Waals surface area contributed by atoms with E-state index in [4.69, 9.17) is 4.74 Å². The van der Waals surface area contributed by atoms with Crippen molar-refractivity contribution in [2.75, 3.05) is 27.2 Å². The van der Waals surface area contributed by atoms with Crippen molar-refractivity contribution in [1.29, 1.82) is 0 Å². The van der Waals surface area contributed by atoms with Crippen molar-refractivity contribution in [2.45, 2.75) is 6.18 Å². The fourth-order valence-corrected chi connectivity index (χ4v) is 3.18. The van der Waals surface area contributed by atoms with Crippen LogP contribution in [-0.4, -0.2) is 38.3 Å². The van der Waals surface area contributed by atoms with Crippen molar-refractivity contribution < 1.29 is 17.9 Å². The number of benzene rings is 3. The second-order valence-corrected chi connectivity index (χ2v) is 7.16. The molecule has 0 saturated heterocycles. The summed E-state index contributed by atoms with van der Waals surface area (Å²) in [4.78, 5) is 2.00. The van der Waals surface area contributed by atoms with Crippen LogP contribution >= 0.6 is 0 Å². The van der Waals surface area contributed by atoms with Gasteiger partial charge in [0.05, 0.1) is 5.57 Å². The van der Waals surface area contributed by atoms with Gasteiger partial charge in [0.15, 0.2) is 0 Å². The van der Waals surface area contributed by atoms with Gasteiger partial charge in [0.2, 0.25) is 0 Å². The van der Waals surface area contributed by atoms with Crippen LogP contribution in [0.15, 0.2) is 84.9 Å². The van der Waals surface area contributed by atoms with Crippen LogP contribution in [0.3, 0.4) is 0 Å². The maximum Gasteiger partial charge on any atom is 0.417 e. The lowest BCUT2D eigenvalue weighted by molar-refractivity contribution is -0.0685. The van der Waals surface area contributed by atoms with E-state index in [1.807, 2.05) is 19.0 Å². The molecule has 0 N–H and O–H groups in total. The lowest BCUT2D eigenvalue weighted by atomic mass is 9.89. The molecule has 0 fully saturated rings. The average Bonchev–Trinajstić information content (AvgIpc) is 2.73. The minimum atomic E-state index is -4.52. The summed E-state index contributed by atoms with van der Waals surface area (Å²) in [5.74, 6) is 0.626. The Hall–Kier alpha value is -3.05. The van der Waals surface area contributed by atoms with Crippen LogP contribution in [0.4, 0.5) is 13.2 Å². The first-order valence-corrected chi connectivity index (χ1v) is 9.66. The quantitative estimate of drug-likeness (QED) is 0.433. The highest BCUT2D eigenvalue weighted by atomic mass is 19.4. The molecule has 0 spiro atoms. The topological polar surface area (TPSA) is 12.5 Å². The highest BCUT2D eigenvalue weighted by Crippen LogP contribution is 2.42. The SMILES string of the molecule is CN(C)CCOc1ccc(C(=C(c2ccccc2)C(F)(F)F)c2ccccc2)cc1. The fraction of sp³-hybridized carbons (Fsp3) is 0.200. The van der Waals surface area contributed by atoms with Gasteiger partial charge in [-0.05, 0) is 42.9 Å². The molecule has 3 aromatic rings. The number of allylic oxidation sites excluding steroid dienone is 1. The standard InChI is InChI=1S/C25H24F3NO/c1-29(2)17-18-30-22-15-13-20(14-16-22)23(19-9-5-3-6-10-19)24(25(26,27)28)21-11-7-4-8-12-21/h3-16H,17-18H2,1-2H3. The maximum absolute atomic E-state index is 14.3. The minimum absolute atomic E-state index is 0.134. The van der Waals surface area contributed by atoms with Crippen molar-refractivity contribution >= 4 is 11.1 Å². The zero-order chi connectivity index (χ0) is 21.6. The summed E-state index contributed by atoms with van der Waals surface area (Å²) in [5, 5.41) is 0. The molecule has 2 nitrogen and oxygen atoms in total. The van der Waals surface area contributed by atoms with Crippen molar-refractivity contribution in [3.05, 3.63) is 102 Å². The van der Waals surface area contributed by atoms with Gasteiger partial charge in [0, 0.05) is 12.1 Å². The monoisotopic (exact) mass is 411 g/mol. The molecule has 0 aliphatic rings. The molecule has 3 rings (SSSR count). The van der Waals surface area contributed by atoms with Gasteiger partial charge in [0.25, 0.3) is 0 Å². The number of hydrogen-bond acceptors (Lipinski definition) is 2. The molecule has 0 bridgehead atoms. The van der Waals surface area contributed by atoms with Crippen LogP contribution in [0.1, 0.15) is 16.7 Å². The number of likely N-dealkylation sites (N-methyl/N-ethyl adjacent to an activating group) is 1. The third kappa shape index (κ3) is 5.51. The lowest BCUT2D eigenvalue weighted by Gasteiger charge is -2.20. The molecule has 3 aromatic carbocycles. The summed E-state index contributed by atoms with van der Waals surface area (Å²) in [6, 6.07) is 23.4. The van der Waals surface area contributed by atoms with Crippen LogP contribution in [-0.2, 0) is 0 Å². The van der Waals surface area contributed by atoms with Crippen LogP contribution in [0, 0.1) is 0 Å². The summed E-state index contributed by atoms with van der Waals surface area (Å²) in [6.07, 6.45) is -4.52. The Labute approximate surface area is 175 Å². The molecule has 0 aliphatic heterocycles. The normalized spacial score (nSPS) is 12.6. The first kappa shape index (κ1) is 21.7. The molecule has 0 aliphatic carbocycles. The molecular formula is C25H24F3NO. The fourth-order valence-electron chi connectivity index (χ4n) is 3.18. The van der Waals surface area contributed by atoms with E-state index in [-0.39, 0.29) is 11.1 Å². The lowest BCUT2D eigenvalue weighted by Crippen LogP contribution is -2.19. The Balaban J connectivity index is 2.11. The highest BCUT2D eigenvalue weighted by Gasteiger charge is 2.38. The first-order valence-electron chi connectivity index (χ1n) is 9.66. The van der Waals surface area contributed by atoms with E-state index < -0.39 is 11.7 Å². The van der Waals surface area contributed by atoms with Crippen molar-refractivity contribution in [1.82, 2.24) is 4.90 Å². The van der Waals surface area contributed by atoms with Gasteiger partial charge in [-0.3, -0.25) is 0 Å². The molecule has 0 atom stereocenters. The molecule has 0 radical (unpaired) electrons. The van der Waals surface area contributed by atoms with Crippen LogP contribution in [0.5, 0.6) is 5.75 Å². The molecule has 0 aromatic heterocycles. The molecule has 30 heavy (non-hydrogen) atoms. The predicted octanol–water partition coefficient (Wildman–Crippen LogP) is 6.15. The number of hydrogen-bond donors (Lipinski definition) is 0. The molecule has 5 heteroatoms. The Morgan fingerprint density at radius 3 is 1.73 bits per heavy atom. The van der Waals surface area contributed by atoms with E-state index in [1.165, 1.54) is 12.1 Å². The van der Waals surface area contributed by atoms with E-state index in [1.54, 1.807) is 72.8 Å². The minimum Gasteiger partial charge on any atom is -0.492 e. The van der Waals surface area contributed by atoms with Gasteiger partial charge in [-0.25, -0.2) is 0 Å². The summed E-state index contributed by atoms with van der Waals surface area (Å²) in [7, 11) is 3.90. The molecular weight excluding hydrogens is 387 g/mol. The summed E-state index contributed by atoms with van der Waals surface area (Å²) < 4.78 is 48.5. The van der Waals surface area contributed by atoms with Gasteiger partial charge in [0.1, 0.15) is 12.4 Å². The Morgan fingerprint density at radius 1 is 0.733 bits per heavy atom. The second-order valence-electron chi connectivity index (χ2n) is 7.16. The van der Waals surface area contributed by atoms with E-state index in [0.717, 1.165) is 6.54 Å². The first-order chi connectivity index (χ1) is 14.4. The third-order valence-electron chi connectivity index (χ3n) is 4.61. The van der Waals surface area contributed by atoms with Crippen molar-refractivity contribution in [3.63, 3.8) is 0 Å². The Kier molecular flexibility index (Phi) is 6.95. The number of alkyl halides is 3. The van der Waals surface area contributed by atoms with Gasteiger partial charge in [-0.15, -0.1) is 0 Å². The highest BCUT2D eigenvalue weighted by molar-refractivity contribution is 6.00. The second kappa shape index (κ2) is 9.63. The van der Waals surface area contributed by atoms with Crippen molar-refractivity contribution in [3.8, 4) is 5.75 Å². The summed E-state index contributed by atoms with van der Waals surface area (Å²) in [6.45, 7) is 1.26. The van der Waals surface area contributed by atoms with Gasteiger partial charge < -0.3 is 9.64 Å². The molecule has 0 saturated carbocycles. The summed E-state index contributed by atoms with van der Waals surface area (Å²) >= 11 is 0. The zero-order valence-electron chi connectivity index (χ0n) is 17.0.